The molecule has 1 aromatic rings. The third-order valence-electron chi connectivity index (χ3n) is 3.19. The number of hydrogen-bond acceptors (Lipinski definition) is 3. The molecule has 4 heteroatoms. The molecule has 0 radical (unpaired) electrons. The molecule has 1 fully saturated rings. The van der Waals surface area contributed by atoms with Crippen molar-refractivity contribution in [1.82, 2.24) is 15.2 Å². The number of aromatic nitrogens is 3. The zero-order valence-corrected chi connectivity index (χ0v) is 9.37. The monoisotopic (exact) mass is 208 g/mol. The maximum atomic E-state index is 5.97. The van der Waals surface area contributed by atoms with Crippen molar-refractivity contribution < 1.29 is 0 Å². The Morgan fingerprint density at radius 1 is 1.47 bits per heavy atom. The van der Waals surface area contributed by atoms with Gasteiger partial charge in [0.25, 0.3) is 0 Å². The Hall–Kier alpha value is -0.900. The van der Waals surface area contributed by atoms with E-state index in [0.717, 1.165) is 24.5 Å². The SMILES string of the molecule is CCCC(N)c1n[nH]c(C2CCCC2)n1. The first-order valence-electron chi connectivity index (χ1n) is 5.99. The molecule has 0 aromatic carbocycles. The lowest BCUT2D eigenvalue weighted by Crippen LogP contribution is -2.11. The molecule has 84 valence electrons. The van der Waals surface area contributed by atoms with Crippen LogP contribution in [0.25, 0.3) is 0 Å². The van der Waals surface area contributed by atoms with Crippen LogP contribution < -0.4 is 5.73 Å². The molecule has 0 aliphatic heterocycles. The Bertz CT molecular complexity index is 301. The number of aromatic amines is 1. The Balaban J connectivity index is 2.02. The Morgan fingerprint density at radius 2 is 2.20 bits per heavy atom. The fourth-order valence-corrected chi connectivity index (χ4v) is 2.28. The zero-order valence-electron chi connectivity index (χ0n) is 9.37. The van der Waals surface area contributed by atoms with Gasteiger partial charge in [0, 0.05) is 5.92 Å². The molecule has 1 heterocycles. The van der Waals surface area contributed by atoms with Crippen LogP contribution in [0, 0.1) is 0 Å². The number of nitrogens with two attached hydrogens (primary N) is 1. The van der Waals surface area contributed by atoms with Gasteiger partial charge in [0.15, 0.2) is 5.82 Å². The second-order valence-electron chi connectivity index (χ2n) is 4.46. The van der Waals surface area contributed by atoms with Gasteiger partial charge in [-0.2, -0.15) is 5.10 Å². The van der Waals surface area contributed by atoms with Crippen LogP contribution in [0.5, 0.6) is 0 Å². The second-order valence-corrected chi connectivity index (χ2v) is 4.46. The predicted molar refractivity (Wildman–Crippen MR) is 59.4 cm³/mol. The average molecular weight is 208 g/mol. The minimum absolute atomic E-state index is 0.00130. The van der Waals surface area contributed by atoms with Crippen molar-refractivity contribution in [3.63, 3.8) is 0 Å². The van der Waals surface area contributed by atoms with Gasteiger partial charge < -0.3 is 5.73 Å². The summed E-state index contributed by atoms with van der Waals surface area (Å²) in [5, 5.41) is 7.26. The summed E-state index contributed by atoms with van der Waals surface area (Å²) in [5.74, 6) is 2.44. The van der Waals surface area contributed by atoms with E-state index in [1.165, 1.54) is 25.7 Å². The molecule has 1 aromatic heterocycles. The van der Waals surface area contributed by atoms with E-state index >= 15 is 0 Å². The molecule has 0 spiro atoms. The molecule has 0 amide bonds. The van der Waals surface area contributed by atoms with Crippen LogP contribution in [-0.4, -0.2) is 15.2 Å². The predicted octanol–water partition coefficient (Wildman–Crippen LogP) is 2.26. The van der Waals surface area contributed by atoms with Gasteiger partial charge in [0.1, 0.15) is 5.82 Å². The standard InChI is InChI=1S/C11H20N4/c1-2-5-9(12)11-13-10(14-15-11)8-6-3-4-7-8/h8-9H,2-7,12H2,1H3,(H,13,14,15). The molecule has 0 saturated heterocycles. The van der Waals surface area contributed by atoms with Crippen LogP contribution >= 0.6 is 0 Å². The van der Waals surface area contributed by atoms with Gasteiger partial charge in [0.05, 0.1) is 6.04 Å². The van der Waals surface area contributed by atoms with Crippen molar-refractivity contribution in [3.05, 3.63) is 11.6 Å². The van der Waals surface area contributed by atoms with Crippen LogP contribution in [0.15, 0.2) is 0 Å². The van der Waals surface area contributed by atoms with E-state index in [1.807, 2.05) is 0 Å². The van der Waals surface area contributed by atoms with Crippen LogP contribution in [0.2, 0.25) is 0 Å². The van der Waals surface area contributed by atoms with Crippen LogP contribution in [0.1, 0.15) is 69.1 Å². The Morgan fingerprint density at radius 3 is 2.87 bits per heavy atom. The molecule has 1 saturated carbocycles. The molecular weight excluding hydrogens is 188 g/mol. The van der Waals surface area contributed by atoms with Crippen LogP contribution in [0.3, 0.4) is 0 Å². The number of rotatable bonds is 4. The molecule has 1 aliphatic rings. The summed E-state index contributed by atoms with van der Waals surface area (Å²) >= 11 is 0. The minimum atomic E-state index is 0.00130. The van der Waals surface area contributed by atoms with Gasteiger partial charge in [0.2, 0.25) is 0 Å². The molecule has 1 unspecified atom stereocenters. The molecule has 2 rings (SSSR count). The quantitative estimate of drug-likeness (QED) is 0.797. The largest absolute Gasteiger partial charge is 0.321 e. The van der Waals surface area contributed by atoms with Gasteiger partial charge in [-0.15, -0.1) is 0 Å². The molecule has 15 heavy (non-hydrogen) atoms. The summed E-state index contributed by atoms with van der Waals surface area (Å²) in [6, 6.07) is 0.00130. The molecule has 1 atom stereocenters. The molecule has 3 N–H and O–H groups in total. The highest BCUT2D eigenvalue weighted by Crippen LogP contribution is 2.32. The third kappa shape index (κ3) is 2.37. The fourth-order valence-electron chi connectivity index (χ4n) is 2.28. The Labute approximate surface area is 90.7 Å². The first-order chi connectivity index (χ1) is 7.31. The number of nitrogens with zero attached hydrogens (tertiary/aromatic N) is 2. The normalized spacial score (nSPS) is 19.6. The van der Waals surface area contributed by atoms with Gasteiger partial charge in [-0.25, -0.2) is 4.98 Å². The van der Waals surface area contributed by atoms with E-state index < -0.39 is 0 Å². The summed E-state index contributed by atoms with van der Waals surface area (Å²) in [5.41, 5.74) is 5.97. The highest BCUT2D eigenvalue weighted by atomic mass is 15.2. The maximum absolute atomic E-state index is 5.97. The van der Waals surface area contributed by atoms with Gasteiger partial charge in [-0.3, -0.25) is 5.10 Å². The van der Waals surface area contributed by atoms with Gasteiger partial charge in [-0.05, 0) is 19.3 Å². The van der Waals surface area contributed by atoms with E-state index in [-0.39, 0.29) is 6.04 Å². The molecular formula is C11H20N4. The molecule has 1 aliphatic carbocycles. The van der Waals surface area contributed by atoms with Crippen LogP contribution in [0.4, 0.5) is 0 Å². The summed E-state index contributed by atoms with van der Waals surface area (Å²) < 4.78 is 0. The van der Waals surface area contributed by atoms with E-state index in [2.05, 4.69) is 22.1 Å². The fraction of sp³-hybridized carbons (Fsp3) is 0.818. The second kappa shape index (κ2) is 4.75. The first kappa shape index (κ1) is 10.6. The number of H-pyrrole nitrogens is 1. The average Bonchev–Trinajstić information content (AvgIpc) is 2.89. The maximum Gasteiger partial charge on any atom is 0.167 e. The van der Waals surface area contributed by atoms with E-state index in [9.17, 15) is 0 Å². The van der Waals surface area contributed by atoms with Crippen molar-refractivity contribution in [1.29, 1.82) is 0 Å². The summed E-state index contributed by atoms with van der Waals surface area (Å²) in [6.07, 6.45) is 7.18. The van der Waals surface area contributed by atoms with E-state index in [4.69, 9.17) is 5.73 Å². The minimum Gasteiger partial charge on any atom is -0.321 e. The van der Waals surface area contributed by atoms with Gasteiger partial charge in [-0.1, -0.05) is 26.2 Å². The summed E-state index contributed by atoms with van der Waals surface area (Å²) in [7, 11) is 0. The topological polar surface area (TPSA) is 67.6 Å². The lowest BCUT2D eigenvalue weighted by molar-refractivity contribution is 0.602. The Kier molecular flexibility index (Phi) is 3.36. The molecule has 4 nitrogen and oxygen atoms in total. The van der Waals surface area contributed by atoms with Gasteiger partial charge >= 0.3 is 0 Å². The van der Waals surface area contributed by atoms with E-state index in [1.54, 1.807) is 0 Å². The number of hydrogen-bond donors (Lipinski definition) is 2. The van der Waals surface area contributed by atoms with Crippen molar-refractivity contribution in [2.24, 2.45) is 5.73 Å². The van der Waals surface area contributed by atoms with Crippen molar-refractivity contribution in [3.8, 4) is 0 Å². The first-order valence-corrected chi connectivity index (χ1v) is 5.99. The zero-order chi connectivity index (χ0) is 10.7. The number of nitrogens with one attached hydrogen (secondary N) is 1. The molecule has 0 bridgehead atoms. The van der Waals surface area contributed by atoms with Crippen LogP contribution in [-0.2, 0) is 0 Å². The van der Waals surface area contributed by atoms with Crippen molar-refractivity contribution in [2.75, 3.05) is 0 Å². The van der Waals surface area contributed by atoms with Crippen molar-refractivity contribution in [2.45, 2.75) is 57.4 Å². The highest BCUT2D eigenvalue weighted by molar-refractivity contribution is 5.02. The lowest BCUT2D eigenvalue weighted by Gasteiger charge is -2.04. The van der Waals surface area contributed by atoms with E-state index in [0.29, 0.717) is 5.92 Å². The highest BCUT2D eigenvalue weighted by Gasteiger charge is 2.21. The lowest BCUT2D eigenvalue weighted by atomic mass is 10.1. The summed E-state index contributed by atoms with van der Waals surface area (Å²) in [6.45, 7) is 2.13. The van der Waals surface area contributed by atoms with Crippen molar-refractivity contribution >= 4 is 0 Å². The smallest absolute Gasteiger partial charge is 0.167 e. The third-order valence-corrected chi connectivity index (χ3v) is 3.19. The summed E-state index contributed by atoms with van der Waals surface area (Å²) in [4.78, 5) is 4.52.